The Bertz CT molecular complexity index is 380. The minimum Gasteiger partial charge on any atom is -0.493 e. The van der Waals surface area contributed by atoms with Gasteiger partial charge in [0, 0.05) is 5.92 Å². The van der Waals surface area contributed by atoms with Crippen LogP contribution in [0.25, 0.3) is 0 Å². The molecule has 0 unspecified atom stereocenters. The topological polar surface area (TPSA) is 66.0 Å². The zero-order chi connectivity index (χ0) is 10.9. The van der Waals surface area contributed by atoms with Gasteiger partial charge in [-0.25, -0.2) is 0 Å². The molecule has 2 N–H and O–H groups in total. The Kier molecular flexibility index (Phi) is 2.93. The van der Waals surface area contributed by atoms with Crippen molar-refractivity contribution in [3.05, 3.63) is 21.7 Å². The van der Waals surface area contributed by atoms with E-state index in [1.807, 2.05) is 27.7 Å². The molecule has 1 rings (SSSR count). The van der Waals surface area contributed by atoms with Crippen LogP contribution in [-0.4, -0.2) is 15.1 Å². The van der Waals surface area contributed by atoms with Gasteiger partial charge in [0.05, 0.1) is 5.56 Å². The van der Waals surface area contributed by atoms with Crippen LogP contribution in [0.4, 0.5) is 0 Å². The molecule has 4 heteroatoms. The van der Waals surface area contributed by atoms with Gasteiger partial charge in [0.15, 0.2) is 0 Å². The maximum absolute atomic E-state index is 11.6. The van der Waals surface area contributed by atoms with Crippen LogP contribution in [0.15, 0.2) is 4.79 Å². The monoisotopic (exact) mass is 196 g/mol. The molecule has 0 fully saturated rings. The molecule has 0 aliphatic heterocycles. The summed E-state index contributed by atoms with van der Waals surface area (Å²) in [7, 11) is 0. The summed E-state index contributed by atoms with van der Waals surface area (Å²) in [6.45, 7) is 7.52. The lowest BCUT2D eigenvalue weighted by Crippen LogP contribution is -2.18. The second-order valence-corrected chi connectivity index (χ2v) is 4.00. The quantitative estimate of drug-likeness (QED) is 0.756. The molecule has 0 bridgehead atoms. The van der Waals surface area contributed by atoms with Crippen molar-refractivity contribution in [3.63, 3.8) is 0 Å². The average Bonchev–Trinajstić information content (AvgIpc) is 2.01. The van der Waals surface area contributed by atoms with Gasteiger partial charge in [0.25, 0.3) is 5.56 Å². The van der Waals surface area contributed by atoms with Gasteiger partial charge in [0.1, 0.15) is 5.82 Å². The van der Waals surface area contributed by atoms with Crippen LogP contribution in [-0.2, 0) is 0 Å². The average molecular weight is 196 g/mol. The molecule has 0 radical (unpaired) electrons. The first-order valence-electron chi connectivity index (χ1n) is 4.76. The van der Waals surface area contributed by atoms with Crippen LogP contribution in [0.2, 0.25) is 0 Å². The number of H-pyrrole nitrogens is 1. The van der Waals surface area contributed by atoms with Crippen molar-refractivity contribution in [1.82, 2.24) is 9.97 Å². The van der Waals surface area contributed by atoms with Gasteiger partial charge >= 0.3 is 0 Å². The Balaban J connectivity index is 3.33. The lowest BCUT2D eigenvalue weighted by atomic mass is 10.1. The zero-order valence-corrected chi connectivity index (χ0v) is 8.96. The van der Waals surface area contributed by atoms with Crippen molar-refractivity contribution in [2.24, 2.45) is 0 Å². The molecule has 0 saturated carbocycles. The highest BCUT2D eigenvalue weighted by molar-refractivity contribution is 5.26. The predicted molar refractivity (Wildman–Crippen MR) is 54.7 cm³/mol. The highest BCUT2D eigenvalue weighted by atomic mass is 16.3. The van der Waals surface area contributed by atoms with Crippen molar-refractivity contribution in [3.8, 4) is 5.88 Å². The van der Waals surface area contributed by atoms with Gasteiger partial charge in [-0.15, -0.1) is 0 Å². The second kappa shape index (κ2) is 3.82. The van der Waals surface area contributed by atoms with Gasteiger partial charge in [-0.05, 0) is 5.92 Å². The third-order valence-corrected chi connectivity index (χ3v) is 2.08. The van der Waals surface area contributed by atoms with Crippen LogP contribution in [0, 0.1) is 0 Å². The summed E-state index contributed by atoms with van der Waals surface area (Å²) in [6, 6.07) is 0. The summed E-state index contributed by atoms with van der Waals surface area (Å²) in [6.07, 6.45) is 0. The molecule has 0 saturated heterocycles. The summed E-state index contributed by atoms with van der Waals surface area (Å²) in [5, 5.41) is 9.56. The van der Waals surface area contributed by atoms with Crippen LogP contribution >= 0.6 is 0 Å². The second-order valence-electron chi connectivity index (χ2n) is 4.00. The van der Waals surface area contributed by atoms with Gasteiger partial charge in [-0.1, -0.05) is 27.7 Å². The number of nitrogens with one attached hydrogen (secondary N) is 1. The fourth-order valence-electron chi connectivity index (χ4n) is 1.28. The Hall–Kier alpha value is -1.32. The number of hydrogen-bond donors (Lipinski definition) is 2. The normalized spacial score (nSPS) is 11.3. The van der Waals surface area contributed by atoms with E-state index in [2.05, 4.69) is 9.97 Å². The SMILES string of the molecule is CC(C)c1nc(O)c(C(C)C)c(=O)[nH]1. The minimum atomic E-state index is -0.240. The molecule has 0 aliphatic carbocycles. The Morgan fingerprint density at radius 2 is 1.79 bits per heavy atom. The van der Waals surface area contributed by atoms with E-state index in [-0.39, 0.29) is 23.3 Å². The van der Waals surface area contributed by atoms with Crippen LogP contribution in [0.3, 0.4) is 0 Å². The lowest BCUT2D eigenvalue weighted by Gasteiger charge is -2.09. The Labute approximate surface area is 83.0 Å². The maximum atomic E-state index is 11.6. The lowest BCUT2D eigenvalue weighted by molar-refractivity contribution is 0.434. The standard InChI is InChI=1S/C10H16N2O2/c1-5(2)7-9(13)11-8(6(3)4)12-10(7)14/h5-6H,1-4H3,(H2,11,12,13,14). The first kappa shape index (κ1) is 10.8. The van der Waals surface area contributed by atoms with E-state index in [4.69, 9.17) is 0 Å². The summed E-state index contributed by atoms with van der Waals surface area (Å²) in [4.78, 5) is 18.2. The Morgan fingerprint density at radius 1 is 1.21 bits per heavy atom. The van der Waals surface area contributed by atoms with Crippen molar-refractivity contribution < 1.29 is 5.11 Å². The molecule has 1 heterocycles. The minimum absolute atomic E-state index is 0.0209. The van der Waals surface area contributed by atoms with E-state index in [1.165, 1.54) is 0 Å². The Morgan fingerprint density at radius 3 is 2.14 bits per heavy atom. The molecule has 0 amide bonds. The molecule has 0 spiro atoms. The molecule has 78 valence electrons. The molecule has 14 heavy (non-hydrogen) atoms. The van der Waals surface area contributed by atoms with E-state index < -0.39 is 0 Å². The number of hydrogen-bond acceptors (Lipinski definition) is 3. The highest BCUT2D eigenvalue weighted by Gasteiger charge is 2.14. The molecule has 0 aliphatic rings. The third-order valence-electron chi connectivity index (χ3n) is 2.08. The first-order chi connectivity index (χ1) is 6.43. The molecule has 0 aromatic carbocycles. The molecular formula is C10H16N2O2. The van der Waals surface area contributed by atoms with Gasteiger partial charge in [-0.2, -0.15) is 4.98 Å². The van der Waals surface area contributed by atoms with Crippen molar-refractivity contribution in [2.45, 2.75) is 39.5 Å². The number of aromatic amines is 1. The molecule has 1 aromatic heterocycles. The van der Waals surface area contributed by atoms with Gasteiger partial charge in [0.2, 0.25) is 5.88 Å². The van der Waals surface area contributed by atoms with Gasteiger partial charge in [-0.3, -0.25) is 4.79 Å². The fourth-order valence-corrected chi connectivity index (χ4v) is 1.28. The number of aromatic nitrogens is 2. The third kappa shape index (κ3) is 1.95. The van der Waals surface area contributed by atoms with E-state index in [0.717, 1.165) is 0 Å². The number of nitrogens with zero attached hydrogens (tertiary/aromatic N) is 1. The number of rotatable bonds is 2. The zero-order valence-electron chi connectivity index (χ0n) is 8.96. The van der Waals surface area contributed by atoms with E-state index in [0.29, 0.717) is 11.4 Å². The molecular weight excluding hydrogens is 180 g/mol. The van der Waals surface area contributed by atoms with Crippen LogP contribution in [0.1, 0.15) is 50.9 Å². The van der Waals surface area contributed by atoms with Crippen LogP contribution in [0.5, 0.6) is 5.88 Å². The maximum Gasteiger partial charge on any atom is 0.258 e. The van der Waals surface area contributed by atoms with E-state index in [9.17, 15) is 9.90 Å². The largest absolute Gasteiger partial charge is 0.493 e. The first-order valence-corrected chi connectivity index (χ1v) is 4.76. The molecule has 1 aromatic rings. The predicted octanol–water partition coefficient (Wildman–Crippen LogP) is 1.72. The summed E-state index contributed by atoms with van der Waals surface area (Å²) in [5.41, 5.74) is 0.116. The van der Waals surface area contributed by atoms with E-state index >= 15 is 0 Å². The smallest absolute Gasteiger partial charge is 0.258 e. The number of aromatic hydroxyl groups is 1. The van der Waals surface area contributed by atoms with E-state index in [1.54, 1.807) is 0 Å². The highest BCUT2D eigenvalue weighted by Crippen LogP contribution is 2.20. The molecule has 4 nitrogen and oxygen atoms in total. The van der Waals surface area contributed by atoms with Crippen molar-refractivity contribution >= 4 is 0 Å². The van der Waals surface area contributed by atoms with Crippen LogP contribution < -0.4 is 5.56 Å². The summed E-state index contributed by atoms with van der Waals surface area (Å²) < 4.78 is 0. The fraction of sp³-hybridized carbons (Fsp3) is 0.600. The summed E-state index contributed by atoms with van der Waals surface area (Å²) in [5.74, 6) is 0.464. The molecule has 0 atom stereocenters. The van der Waals surface area contributed by atoms with Gasteiger partial charge < -0.3 is 10.1 Å². The summed E-state index contributed by atoms with van der Waals surface area (Å²) >= 11 is 0. The van der Waals surface area contributed by atoms with Crippen molar-refractivity contribution in [1.29, 1.82) is 0 Å². The van der Waals surface area contributed by atoms with Crippen molar-refractivity contribution in [2.75, 3.05) is 0 Å².